The zero-order valence-electron chi connectivity index (χ0n) is 11.8. The van der Waals surface area contributed by atoms with Gasteiger partial charge in [-0.3, -0.25) is 0 Å². The van der Waals surface area contributed by atoms with Gasteiger partial charge in [0.05, 0.1) is 5.69 Å². The molecule has 0 spiro atoms. The van der Waals surface area contributed by atoms with E-state index in [0.29, 0.717) is 5.92 Å². The van der Waals surface area contributed by atoms with Gasteiger partial charge in [-0.05, 0) is 30.9 Å². The van der Waals surface area contributed by atoms with Crippen molar-refractivity contribution in [3.63, 3.8) is 0 Å². The van der Waals surface area contributed by atoms with Crippen LogP contribution in [-0.4, -0.2) is 11.0 Å². The molecule has 0 amide bonds. The van der Waals surface area contributed by atoms with E-state index in [-0.39, 0.29) is 0 Å². The highest BCUT2D eigenvalue weighted by Gasteiger charge is 2.22. The van der Waals surface area contributed by atoms with E-state index in [0.717, 1.165) is 28.2 Å². The molecule has 1 aromatic heterocycles. The van der Waals surface area contributed by atoms with E-state index >= 15 is 0 Å². The number of hydrogen-bond acceptors (Lipinski definition) is 3. The van der Waals surface area contributed by atoms with Gasteiger partial charge in [0.15, 0.2) is 0 Å². The maximum atomic E-state index is 6.08. The van der Waals surface area contributed by atoms with Crippen molar-refractivity contribution in [3.05, 3.63) is 39.9 Å². The third-order valence-electron chi connectivity index (χ3n) is 3.47. The summed E-state index contributed by atoms with van der Waals surface area (Å²) in [4.78, 5) is 6.20. The van der Waals surface area contributed by atoms with E-state index in [1.165, 1.54) is 23.4 Å². The van der Waals surface area contributed by atoms with Crippen molar-refractivity contribution in [1.82, 2.24) is 10.3 Å². The molecule has 0 unspecified atom stereocenters. The summed E-state index contributed by atoms with van der Waals surface area (Å²) in [5.74, 6) is 0.454. The first kappa shape index (κ1) is 14.1. The van der Waals surface area contributed by atoms with Crippen LogP contribution in [0.3, 0.4) is 0 Å². The quantitative estimate of drug-likeness (QED) is 0.855. The zero-order chi connectivity index (χ0) is 14.1. The summed E-state index contributed by atoms with van der Waals surface area (Å²) in [7, 11) is 0. The average molecular weight is 307 g/mol. The monoisotopic (exact) mass is 306 g/mol. The van der Waals surface area contributed by atoms with E-state index in [2.05, 4.69) is 25.2 Å². The van der Waals surface area contributed by atoms with Crippen molar-refractivity contribution in [2.45, 2.75) is 45.2 Å². The number of rotatable bonds is 5. The van der Waals surface area contributed by atoms with Crippen LogP contribution in [0.5, 0.6) is 0 Å². The van der Waals surface area contributed by atoms with E-state index < -0.39 is 0 Å². The third-order valence-corrected chi connectivity index (χ3v) is 4.83. The normalized spacial score (nSPS) is 15.0. The van der Waals surface area contributed by atoms with Crippen molar-refractivity contribution in [2.75, 3.05) is 0 Å². The van der Waals surface area contributed by atoms with Crippen LogP contribution in [0.2, 0.25) is 5.02 Å². The van der Waals surface area contributed by atoms with Crippen LogP contribution >= 0.6 is 22.9 Å². The maximum Gasteiger partial charge on any atom is 0.123 e. The van der Waals surface area contributed by atoms with Crippen LogP contribution in [-0.2, 0) is 6.54 Å². The Morgan fingerprint density at radius 1 is 1.40 bits per heavy atom. The van der Waals surface area contributed by atoms with Gasteiger partial charge in [-0.1, -0.05) is 37.6 Å². The summed E-state index contributed by atoms with van der Waals surface area (Å²) in [5.41, 5.74) is 2.33. The van der Waals surface area contributed by atoms with E-state index in [9.17, 15) is 0 Å². The van der Waals surface area contributed by atoms with E-state index in [1.807, 2.05) is 18.2 Å². The lowest BCUT2D eigenvalue weighted by Gasteiger charge is -2.05. The largest absolute Gasteiger partial charge is 0.309 e. The summed E-state index contributed by atoms with van der Waals surface area (Å²) in [6.45, 7) is 5.35. The molecular weight excluding hydrogens is 288 g/mol. The second-order valence-corrected chi connectivity index (χ2v) is 7.17. The molecule has 3 rings (SSSR count). The van der Waals surface area contributed by atoms with Crippen LogP contribution < -0.4 is 5.32 Å². The summed E-state index contributed by atoms with van der Waals surface area (Å²) in [6, 6.07) is 8.68. The van der Waals surface area contributed by atoms with Gasteiger partial charge in [-0.15, -0.1) is 11.3 Å². The molecular formula is C16H19ClN2S. The summed E-state index contributed by atoms with van der Waals surface area (Å²) < 4.78 is 0. The SMILES string of the molecule is CC(C)c1nc(-c2cccc(Cl)c2)sc1CNC1CC1. The lowest BCUT2D eigenvalue weighted by Crippen LogP contribution is -2.15. The van der Waals surface area contributed by atoms with Gasteiger partial charge in [0.25, 0.3) is 0 Å². The number of halogens is 1. The van der Waals surface area contributed by atoms with Gasteiger partial charge in [0.1, 0.15) is 5.01 Å². The molecule has 0 atom stereocenters. The number of nitrogens with one attached hydrogen (secondary N) is 1. The molecule has 2 nitrogen and oxygen atoms in total. The highest BCUT2D eigenvalue weighted by molar-refractivity contribution is 7.15. The lowest BCUT2D eigenvalue weighted by atomic mass is 10.1. The van der Waals surface area contributed by atoms with Crippen molar-refractivity contribution < 1.29 is 0 Å². The molecule has 4 heteroatoms. The highest BCUT2D eigenvalue weighted by atomic mass is 35.5. The van der Waals surface area contributed by atoms with Gasteiger partial charge in [0, 0.05) is 28.0 Å². The highest BCUT2D eigenvalue weighted by Crippen LogP contribution is 2.33. The molecule has 1 fully saturated rings. The van der Waals surface area contributed by atoms with Crippen LogP contribution in [0.1, 0.15) is 43.2 Å². The predicted molar refractivity (Wildman–Crippen MR) is 86.5 cm³/mol. The number of hydrogen-bond donors (Lipinski definition) is 1. The molecule has 0 radical (unpaired) electrons. The molecule has 2 aromatic rings. The predicted octanol–water partition coefficient (Wildman–Crippen LogP) is 4.84. The minimum absolute atomic E-state index is 0.454. The minimum Gasteiger partial charge on any atom is -0.309 e. The van der Waals surface area contributed by atoms with Gasteiger partial charge >= 0.3 is 0 Å². The molecule has 1 saturated carbocycles. The van der Waals surface area contributed by atoms with Gasteiger partial charge in [-0.2, -0.15) is 0 Å². The fourth-order valence-electron chi connectivity index (χ4n) is 2.21. The maximum absolute atomic E-state index is 6.08. The fourth-order valence-corrected chi connectivity index (χ4v) is 3.56. The minimum atomic E-state index is 0.454. The van der Waals surface area contributed by atoms with Gasteiger partial charge in [-0.25, -0.2) is 4.98 Å². The molecule has 0 aliphatic heterocycles. The third kappa shape index (κ3) is 3.22. The Morgan fingerprint density at radius 2 is 2.20 bits per heavy atom. The summed E-state index contributed by atoms with van der Waals surface area (Å²) in [5, 5.41) is 5.43. The summed E-state index contributed by atoms with van der Waals surface area (Å²) in [6.07, 6.45) is 2.63. The van der Waals surface area contributed by atoms with Gasteiger partial charge in [0.2, 0.25) is 0 Å². The number of aromatic nitrogens is 1. The van der Waals surface area contributed by atoms with Crippen molar-refractivity contribution in [3.8, 4) is 10.6 Å². The standard InChI is InChI=1S/C16H19ClN2S/c1-10(2)15-14(9-18-13-6-7-13)20-16(19-15)11-4-3-5-12(17)8-11/h3-5,8,10,13,18H,6-7,9H2,1-2H3. The molecule has 1 aromatic carbocycles. The first-order chi connectivity index (χ1) is 9.63. The Bertz CT molecular complexity index is 602. The first-order valence-electron chi connectivity index (χ1n) is 7.12. The zero-order valence-corrected chi connectivity index (χ0v) is 13.4. The number of nitrogens with zero attached hydrogens (tertiary/aromatic N) is 1. The second kappa shape index (κ2) is 5.84. The van der Waals surface area contributed by atoms with Crippen LogP contribution in [0.4, 0.5) is 0 Å². The van der Waals surface area contributed by atoms with E-state index in [1.54, 1.807) is 11.3 Å². The van der Waals surface area contributed by atoms with Crippen LogP contribution in [0, 0.1) is 0 Å². The molecule has 1 aliphatic rings. The summed E-state index contributed by atoms with van der Waals surface area (Å²) >= 11 is 7.87. The fraction of sp³-hybridized carbons (Fsp3) is 0.438. The molecule has 1 N–H and O–H groups in total. The smallest absolute Gasteiger partial charge is 0.123 e. The number of benzene rings is 1. The van der Waals surface area contributed by atoms with Crippen LogP contribution in [0.25, 0.3) is 10.6 Å². The Labute approximate surface area is 129 Å². The van der Waals surface area contributed by atoms with Crippen LogP contribution in [0.15, 0.2) is 24.3 Å². The average Bonchev–Trinajstić information content (AvgIpc) is 3.14. The van der Waals surface area contributed by atoms with Gasteiger partial charge < -0.3 is 5.32 Å². The molecule has 1 aliphatic carbocycles. The van der Waals surface area contributed by atoms with E-state index in [4.69, 9.17) is 16.6 Å². The van der Waals surface area contributed by atoms with Crippen molar-refractivity contribution >= 4 is 22.9 Å². The topological polar surface area (TPSA) is 24.9 Å². The Balaban J connectivity index is 1.89. The van der Waals surface area contributed by atoms with Crippen molar-refractivity contribution in [2.24, 2.45) is 0 Å². The molecule has 1 heterocycles. The molecule has 0 saturated heterocycles. The molecule has 0 bridgehead atoms. The molecule has 106 valence electrons. The Hall–Kier alpha value is -0.900. The second-order valence-electron chi connectivity index (χ2n) is 5.65. The first-order valence-corrected chi connectivity index (χ1v) is 8.32. The molecule has 20 heavy (non-hydrogen) atoms. The Morgan fingerprint density at radius 3 is 2.85 bits per heavy atom. The lowest BCUT2D eigenvalue weighted by molar-refractivity contribution is 0.681. The Kier molecular flexibility index (Phi) is 4.11. The van der Waals surface area contributed by atoms with Crippen molar-refractivity contribution in [1.29, 1.82) is 0 Å². The number of thiazole rings is 1.